The maximum Gasteiger partial charge on any atom is 0.0671 e. The number of benzene rings is 1. The first-order valence-electron chi connectivity index (χ1n) is 5.12. The molecule has 0 saturated heterocycles. The van der Waals surface area contributed by atoms with Gasteiger partial charge in [-0.1, -0.05) is 11.6 Å². The monoisotopic (exact) mass is 237 g/mol. The third-order valence-corrected chi connectivity index (χ3v) is 2.82. The van der Waals surface area contributed by atoms with Gasteiger partial charge in [0.05, 0.1) is 22.7 Å². The van der Waals surface area contributed by atoms with Gasteiger partial charge in [-0.05, 0) is 31.5 Å². The van der Waals surface area contributed by atoms with Gasteiger partial charge in [-0.25, -0.2) is 0 Å². The van der Waals surface area contributed by atoms with E-state index in [0.717, 1.165) is 11.3 Å². The zero-order valence-electron chi connectivity index (χ0n) is 9.79. The van der Waals surface area contributed by atoms with Crippen LogP contribution in [-0.2, 0) is 0 Å². The SMILES string of the molecule is Cc1cc(N)c(Cl)cc1N(C)CC(C)C#N. The Hall–Kier alpha value is -1.40. The van der Waals surface area contributed by atoms with Gasteiger partial charge in [0.1, 0.15) is 0 Å². The summed E-state index contributed by atoms with van der Waals surface area (Å²) in [6, 6.07) is 5.91. The maximum absolute atomic E-state index is 8.78. The molecule has 4 heteroatoms. The fraction of sp³-hybridized carbons (Fsp3) is 0.417. The molecule has 0 radical (unpaired) electrons. The van der Waals surface area contributed by atoms with E-state index < -0.39 is 0 Å². The molecule has 1 rings (SSSR count). The van der Waals surface area contributed by atoms with Gasteiger partial charge in [-0.2, -0.15) is 5.26 Å². The number of aryl methyl sites for hydroxylation is 1. The molecule has 16 heavy (non-hydrogen) atoms. The normalized spacial score (nSPS) is 11.9. The van der Waals surface area contributed by atoms with E-state index in [1.54, 1.807) is 0 Å². The Morgan fingerprint density at radius 3 is 2.75 bits per heavy atom. The average molecular weight is 238 g/mol. The lowest BCUT2D eigenvalue weighted by Crippen LogP contribution is -2.24. The summed E-state index contributed by atoms with van der Waals surface area (Å²) in [5.74, 6) is -0.0132. The summed E-state index contributed by atoms with van der Waals surface area (Å²) in [6.45, 7) is 4.55. The second-order valence-electron chi connectivity index (χ2n) is 4.07. The van der Waals surface area contributed by atoms with Crippen LogP contribution < -0.4 is 10.6 Å². The fourth-order valence-electron chi connectivity index (χ4n) is 1.65. The number of hydrogen-bond donors (Lipinski definition) is 1. The first-order valence-corrected chi connectivity index (χ1v) is 5.50. The van der Waals surface area contributed by atoms with Gasteiger partial charge in [0.15, 0.2) is 0 Å². The minimum atomic E-state index is -0.0132. The van der Waals surface area contributed by atoms with Gasteiger partial charge in [0.25, 0.3) is 0 Å². The highest BCUT2D eigenvalue weighted by Gasteiger charge is 2.10. The van der Waals surface area contributed by atoms with Crippen LogP contribution in [0.15, 0.2) is 12.1 Å². The molecule has 0 amide bonds. The van der Waals surface area contributed by atoms with Crippen molar-refractivity contribution in [1.29, 1.82) is 5.26 Å². The van der Waals surface area contributed by atoms with E-state index in [9.17, 15) is 0 Å². The van der Waals surface area contributed by atoms with Crippen LogP contribution in [0.1, 0.15) is 12.5 Å². The fourth-order valence-corrected chi connectivity index (χ4v) is 1.81. The molecule has 2 N–H and O–H groups in total. The molecule has 0 aliphatic rings. The van der Waals surface area contributed by atoms with Crippen molar-refractivity contribution in [3.05, 3.63) is 22.7 Å². The second-order valence-corrected chi connectivity index (χ2v) is 4.48. The number of rotatable bonds is 3. The minimum absolute atomic E-state index is 0.0132. The molecule has 0 aliphatic carbocycles. The summed E-state index contributed by atoms with van der Waals surface area (Å²) in [5.41, 5.74) is 8.38. The second kappa shape index (κ2) is 5.09. The van der Waals surface area contributed by atoms with Gasteiger partial charge in [0, 0.05) is 19.3 Å². The summed E-state index contributed by atoms with van der Waals surface area (Å²) in [4.78, 5) is 2.02. The highest BCUT2D eigenvalue weighted by molar-refractivity contribution is 6.33. The predicted molar refractivity (Wildman–Crippen MR) is 68.6 cm³/mol. The number of nitrogen functional groups attached to an aromatic ring is 1. The van der Waals surface area contributed by atoms with Crippen molar-refractivity contribution in [2.24, 2.45) is 5.92 Å². The molecule has 0 aromatic heterocycles. The summed E-state index contributed by atoms with van der Waals surface area (Å²) in [6.07, 6.45) is 0. The Balaban J connectivity index is 2.96. The van der Waals surface area contributed by atoms with Crippen LogP contribution in [0.2, 0.25) is 5.02 Å². The number of anilines is 2. The molecule has 3 nitrogen and oxygen atoms in total. The van der Waals surface area contributed by atoms with Crippen molar-refractivity contribution in [3.8, 4) is 6.07 Å². The maximum atomic E-state index is 8.78. The van der Waals surface area contributed by atoms with Crippen molar-refractivity contribution in [2.75, 3.05) is 24.2 Å². The first kappa shape index (κ1) is 12.7. The Bertz CT molecular complexity index is 423. The van der Waals surface area contributed by atoms with Gasteiger partial charge in [0.2, 0.25) is 0 Å². The van der Waals surface area contributed by atoms with E-state index >= 15 is 0 Å². The van der Waals surface area contributed by atoms with Crippen molar-refractivity contribution in [3.63, 3.8) is 0 Å². The lowest BCUT2D eigenvalue weighted by atomic mass is 10.1. The predicted octanol–water partition coefficient (Wildman–Crippen LogP) is 2.83. The molecule has 0 bridgehead atoms. The Labute approximate surface area is 101 Å². The molecule has 1 unspecified atom stereocenters. The van der Waals surface area contributed by atoms with E-state index in [4.69, 9.17) is 22.6 Å². The summed E-state index contributed by atoms with van der Waals surface area (Å²) >= 11 is 5.98. The van der Waals surface area contributed by atoms with E-state index in [0.29, 0.717) is 17.3 Å². The lowest BCUT2D eigenvalue weighted by Gasteiger charge is -2.23. The summed E-state index contributed by atoms with van der Waals surface area (Å²) < 4.78 is 0. The van der Waals surface area contributed by atoms with Crippen LogP contribution in [0, 0.1) is 24.2 Å². The van der Waals surface area contributed by atoms with Crippen molar-refractivity contribution in [1.82, 2.24) is 0 Å². The van der Waals surface area contributed by atoms with Crippen LogP contribution in [0.4, 0.5) is 11.4 Å². The van der Waals surface area contributed by atoms with E-state index in [1.165, 1.54) is 0 Å². The zero-order chi connectivity index (χ0) is 12.3. The quantitative estimate of drug-likeness (QED) is 0.823. The standard InChI is InChI=1S/C12H16ClN3/c1-8(6-14)7-16(3)12-5-10(13)11(15)4-9(12)2/h4-5,8H,7,15H2,1-3H3. The minimum Gasteiger partial charge on any atom is -0.398 e. The van der Waals surface area contributed by atoms with Gasteiger partial charge in [-0.3, -0.25) is 0 Å². The van der Waals surface area contributed by atoms with Crippen molar-refractivity contribution >= 4 is 23.0 Å². The molecule has 1 atom stereocenters. The summed E-state index contributed by atoms with van der Waals surface area (Å²) in [7, 11) is 1.95. The number of nitriles is 1. The molecule has 0 saturated carbocycles. The van der Waals surface area contributed by atoms with Crippen molar-refractivity contribution in [2.45, 2.75) is 13.8 Å². The number of halogens is 1. The Kier molecular flexibility index (Phi) is 4.03. The van der Waals surface area contributed by atoms with E-state index in [1.807, 2.05) is 37.9 Å². The molecular weight excluding hydrogens is 222 g/mol. The lowest BCUT2D eigenvalue weighted by molar-refractivity contribution is 0.715. The van der Waals surface area contributed by atoms with Crippen LogP contribution in [-0.4, -0.2) is 13.6 Å². The molecule has 0 spiro atoms. The largest absolute Gasteiger partial charge is 0.398 e. The molecular formula is C12H16ClN3. The smallest absolute Gasteiger partial charge is 0.0671 e. The first-order chi connectivity index (χ1) is 7.45. The number of nitrogens with two attached hydrogens (primary N) is 1. The van der Waals surface area contributed by atoms with Crippen LogP contribution in [0.25, 0.3) is 0 Å². The zero-order valence-corrected chi connectivity index (χ0v) is 10.5. The third-order valence-electron chi connectivity index (χ3n) is 2.49. The van der Waals surface area contributed by atoms with Gasteiger partial charge < -0.3 is 10.6 Å². The molecule has 0 aliphatic heterocycles. The Morgan fingerprint density at radius 1 is 1.56 bits per heavy atom. The molecule has 0 fully saturated rings. The average Bonchev–Trinajstić information content (AvgIpc) is 2.23. The van der Waals surface area contributed by atoms with Gasteiger partial charge >= 0.3 is 0 Å². The topological polar surface area (TPSA) is 53.0 Å². The molecule has 1 aromatic rings. The van der Waals surface area contributed by atoms with Crippen LogP contribution >= 0.6 is 11.6 Å². The van der Waals surface area contributed by atoms with E-state index in [-0.39, 0.29) is 5.92 Å². The highest BCUT2D eigenvalue weighted by Crippen LogP contribution is 2.29. The van der Waals surface area contributed by atoms with E-state index in [2.05, 4.69) is 6.07 Å². The van der Waals surface area contributed by atoms with Gasteiger partial charge in [-0.15, -0.1) is 0 Å². The third kappa shape index (κ3) is 2.80. The highest BCUT2D eigenvalue weighted by atomic mass is 35.5. The Morgan fingerprint density at radius 2 is 2.19 bits per heavy atom. The number of hydrogen-bond acceptors (Lipinski definition) is 3. The van der Waals surface area contributed by atoms with Crippen LogP contribution in [0.3, 0.4) is 0 Å². The van der Waals surface area contributed by atoms with Crippen molar-refractivity contribution < 1.29 is 0 Å². The number of nitrogens with zero attached hydrogens (tertiary/aromatic N) is 2. The molecule has 86 valence electrons. The van der Waals surface area contributed by atoms with Crippen LogP contribution in [0.5, 0.6) is 0 Å². The molecule has 1 aromatic carbocycles. The summed E-state index contributed by atoms with van der Waals surface area (Å²) in [5, 5.41) is 9.33. The molecule has 0 heterocycles.